The van der Waals surface area contributed by atoms with E-state index in [1.807, 2.05) is 16.9 Å². The number of nitrogens with zero attached hydrogens (tertiary/aromatic N) is 2. The average molecular weight is 351 g/mol. The Hall–Kier alpha value is -1.49. The Bertz CT molecular complexity index is 662. The van der Waals surface area contributed by atoms with Crippen molar-refractivity contribution < 1.29 is 9.18 Å². The molecule has 0 amide bonds. The summed E-state index contributed by atoms with van der Waals surface area (Å²) in [5, 5.41) is 4.47. The Labute approximate surface area is 131 Å². The van der Waals surface area contributed by atoms with E-state index in [1.165, 1.54) is 25.0 Å². The fraction of sp³-hybridized carbons (Fsp3) is 0.375. The van der Waals surface area contributed by atoms with Gasteiger partial charge in [0.05, 0.1) is 23.7 Å². The zero-order valence-corrected chi connectivity index (χ0v) is 13.1. The van der Waals surface area contributed by atoms with Gasteiger partial charge in [0.2, 0.25) is 0 Å². The van der Waals surface area contributed by atoms with Crippen LogP contribution in [0, 0.1) is 5.82 Å². The third-order valence-corrected chi connectivity index (χ3v) is 4.43. The molecular weight excluding hydrogens is 335 g/mol. The van der Waals surface area contributed by atoms with Gasteiger partial charge < -0.3 is 0 Å². The highest BCUT2D eigenvalue weighted by Crippen LogP contribution is 2.28. The van der Waals surface area contributed by atoms with Crippen molar-refractivity contribution in [2.24, 2.45) is 0 Å². The van der Waals surface area contributed by atoms with Crippen LogP contribution in [0.25, 0.3) is 0 Å². The molecule has 110 valence electrons. The van der Waals surface area contributed by atoms with Gasteiger partial charge in [-0.3, -0.25) is 9.48 Å². The van der Waals surface area contributed by atoms with E-state index in [-0.39, 0.29) is 17.8 Å². The summed E-state index contributed by atoms with van der Waals surface area (Å²) in [4.78, 5) is 12.2. The van der Waals surface area contributed by atoms with Crippen LogP contribution < -0.4 is 0 Å². The standard InChI is InChI=1S/C16H16BrFN2O/c17-11-5-6-14(15(18)9-11)16(21)10-12-7-8-20(19-12)13-3-1-2-4-13/h5-9,13H,1-4,10H2. The maximum atomic E-state index is 13.8. The summed E-state index contributed by atoms with van der Waals surface area (Å²) in [6, 6.07) is 6.80. The van der Waals surface area contributed by atoms with E-state index >= 15 is 0 Å². The minimum absolute atomic E-state index is 0.119. The quantitative estimate of drug-likeness (QED) is 0.769. The number of ketones is 1. The van der Waals surface area contributed by atoms with Crippen molar-refractivity contribution in [2.45, 2.75) is 38.1 Å². The Morgan fingerprint density at radius 2 is 2.10 bits per heavy atom. The number of hydrogen-bond donors (Lipinski definition) is 0. The molecule has 3 nitrogen and oxygen atoms in total. The molecule has 1 fully saturated rings. The predicted octanol–water partition coefficient (Wildman–Crippen LogP) is 4.33. The molecule has 21 heavy (non-hydrogen) atoms. The monoisotopic (exact) mass is 350 g/mol. The lowest BCUT2D eigenvalue weighted by atomic mass is 10.1. The van der Waals surface area contributed by atoms with Gasteiger partial charge in [-0.15, -0.1) is 0 Å². The minimum Gasteiger partial charge on any atom is -0.294 e. The topological polar surface area (TPSA) is 34.9 Å². The first-order valence-electron chi connectivity index (χ1n) is 7.16. The minimum atomic E-state index is -0.496. The van der Waals surface area contributed by atoms with Gasteiger partial charge in [0.25, 0.3) is 0 Å². The van der Waals surface area contributed by atoms with Gasteiger partial charge in [-0.25, -0.2) is 4.39 Å². The molecule has 0 atom stereocenters. The van der Waals surface area contributed by atoms with Gasteiger partial charge in [-0.1, -0.05) is 28.8 Å². The Morgan fingerprint density at radius 1 is 1.33 bits per heavy atom. The highest BCUT2D eigenvalue weighted by atomic mass is 79.9. The maximum Gasteiger partial charge on any atom is 0.171 e. The lowest BCUT2D eigenvalue weighted by Crippen LogP contribution is -2.09. The zero-order valence-electron chi connectivity index (χ0n) is 11.6. The molecule has 2 aromatic rings. The molecule has 0 aliphatic heterocycles. The van der Waals surface area contributed by atoms with Crippen LogP contribution in [-0.2, 0) is 6.42 Å². The molecule has 1 aliphatic rings. The van der Waals surface area contributed by atoms with Crippen molar-refractivity contribution >= 4 is 21.7 Å². The van der Waals surface area contributed by atoms with E-state index in [9.17, 15) is 9.18 Å². The molecule has 1 aliphatic carbocycles. The summed E-state index contributed by atoms with van der Waals surface area (Å²) in [6.45, 7) is 0. The fourth-order valence-corrected chi connectivity index (χ4v) is 3.15. The molecule has 0 saturated heterocycles. The first-order valence-corrected chi connectivity index (χ1v) is 7.95. The SMILES string of the molecule is O=C(Cc1ccn(C2CCCC2)n1)c1ccc(Br)cc1F. The third-order valence-electron chi connectivity index (χ3n) is 3.94. The van der Waals surface area contributed by atoms with Crippen LogP contribution in [0.1, 0.15) is 47.8 Å². The number of hydrogen-bond acceptors (Lipinski definition) is 2. The summed E-state index contributed by atoms with van der Waals surface area (Å²) >= 11 is 3.19. The molecule has 0 unspecified atom stereocenters. The number of rotatable bonds is 4. The van der Waals surface area contributed by atoms with Gasteiger partial charge in [0, 0.05) is 10.7 Å². The molecule has 0 bridgehead atoms. The molecule has 1 aromatic carbocycles. The second-order valence-electron chi connectivity index (χ2n) is 5.45. The molecule has 1 saturated carbocycles. The van der Waals surface area contributed by atoms with Crippen molar-refractivity contribution in [2.75, 3.05) is 0 Å². The highest BCUT2D eigenvalue weighted by molar-refractivity contribution is 9.10. The molecule has 0 spiro atoms. The van der Waals surface area contributed by atoms with Crippen LogP contribution >= 0.6 is 15.9 Å². The number of halogens is 2. The second-order valence-corrected chi connectivity index (χ2v) is 6.37. The Balaban J connectivity index is 1.72. The molecule has 1 heterocycles. The van der Waals surface area contributed by atoms with Crippen molar-refractivity contribution in [1.29, 1.82) is 0 Å². The number of carbonyl (C=O) groups is 1. The van der Waals surface area contributed by atoms with Crippen LogP contribution in [-0.4, -0.2) is 15.6 Å². The highest BCUT2D eigenvalue weighted by Gasteiger charge is 2.19. The number of aromatic nitrogens is 2. The lowest BCUT2D eigenvalue weighted by molar-refractivity contribution is 0.0988. The van der Waals surface area contributed by atoms with Gasteiger partial charge in [-0.05, 0) is 37.1 Å². The molecular formula is C16H16BrFN2O. The van der Waals surface area contributed by atoms with E-state index in [0.29, 0.717) is 16.2 Å². The van der Waals surface area contributed by atoms with Crippen molar-refractivity contribution in [3.8, 4) is 0 Å². The first kappa shape index (κ1) is 14.4. The molecule has 1 aromatic heterocycles. The van der Waals surface area contributed by atoms with E-state index in [1.54, 1.807) is 6.07 Å². The zero-order chi connectivity index (χ0) is 14.8. The van der Waals surface area contributed by atoms with Crippen molar-refractivity contribution in [3.05, 3.63) is 52.0 Å². The normalized spacial score (nSPS) is 15.5. The summed E-state index contributed by atoms with van der Waals surface area (Å²) < 4.78 is 16.4. The summed E-state index contributed by atoms with van der Waals surface area (Å²) in [5.41, 5.74) is 0.822. The van der Waals surface area contributed by atoms with E-state index in [2.05, 4.69) is 21.0 Å². The van der Waals surface area contributed by atoms with Crippen LogP contribution in [0.15, 0.2) is 34.9 Å². The predicted molar refractivity (Wildman–Crippen MR) is 81.9 cm³/mol. The molecule has 3 rings (SSSR count). The summed E-state index contributed by atoms with van der Waals surface area (Å²) in [7, 11) is 0. The maximum absolute atomic E-state index is 13.8. The van der Waals surface area contributed by atoms with Gasteiger partial charge in [0.1, 0.15) is 5.82 Å². The molecule has 5 heteroatoms. The first-order chi connectivity index (χ1) is 10.1. The summed E-state index contributed by atoms with van der Waals surface area (Å²) in [5.74, 6) is -0.735. The Kier molecular flexibility index (Phi) is 4.19. The van der Waals surface area contributed by atoms with Crippen molar-refractivity contribution in [1.82, 2.24) is 9.78 Å². The number of carbonyl (C=O) groups excluding carboxylic acids is 1. The van der Waals surface area contributed by atoms with E-state index in [0.717, 1.165) is 12.8 Å². The van der Waals surface area contributed by atoms with Crippen molar-refractivity contribution in [3.63, 3.8) is 0 Å². The Morgan fingerprint density at radius 3 is 2.81 bits per heavy atom. The van der Waals surface area contributed by atoms with Gasteiger partial charge >= 0.3 is 0 Å². The van der Waals surface area contributed by atoms with Gasteiger partial charge in [0.15, 0.2) is 5.78 Å². The number of benzene rings is 1. The average Bonchev–Trinajstić information content (AvgIpc) is 3.08. The molecule has 0 N–H and O–H groups in total. The van der Waals surface area contributed by atoms with E-state index < -0.39 is 5.82 Å². The van der Waals surface area contributed by atoms with Crippen LogP contribution in [0.4, 0.5) is 4.39 Å². The van der Waals surface area contributed by atoms with Crippen LogP contribution in [0.3, 0.4) is 0 Å². The fourth-order valence-electron chi connectivity index (χ4n) is 2.82. The van der Waals surface area contributed by atoms with E-state index in [4.69, 9.17) is 0 Å². The summed E-state index contributed by atoms with van der Waals surface area (Å²) in [6.07, 6.45) is 6.84. The number of Topliss-reactive ketones (excluding diaryl/α,β-unsaturated/α-hetero) is 1. The largest absolute Gasteiger partial charge is 0.294 e. The smallest absolute Gasteiger partial charge is 0.171 e. The lowest BCUT2D eigenvalue weighted by Gasteiger charge is -2.08. The second kappa shape index (κ2) is 6.10. The van der Waals surface area contributed by atoms with Crippen LogP contribution in [0.2, 0.25) is 0 Å². The van der Waals surface area contributed by atoms with Gasteiger partial charge in [-0.2, -0.15) is 5.10 Å². The third kappa shape index (κ3) is 3.23. The van der Waals surface area contributed by atoms with Crippen LogP contribution in [0.5, 0.6) is 0 Å². The molecule has 0 radical (unpaired) electrons.